The van der Waals surface area contributed by atoms with Gasteiger partial charge >= 0.3 is 0 Å². The highest BCUT2D eigenvalue weighted by Gasteiger charge is 2.20. The van der Waals surface area contributed by atoms with Crippen LogP contribution in [0.3, 0.4) is 0 Å². The molecule has 7 heteroatoms. The van der Waals surface area contributed by atoms with Crippen LogP contribution < -0.4 is 14.8 Å². The van der Waals surface area contributed by atoms with Crippen LogP contribution in [0.2, 0.25) is 0 Å². The molecule has 1 N–H and O–H groups in total. The summed E-state index contributed by atoms with van der Waals surface area (Å²) in [6.45, 7) is 0. The van der Waals surface area contributed by atoms with Crippen molar-refractivity contribution in [3.05, 3.63) is 83.7 Å². The molecule has 1 heterocycles. The lowest BCUT2D eigenvalue weighted by Crippen LogP contribution is -2.29. The van der Waals surface area contributed by atoms with E-state index in [9.17, 15) is 9.18 Å². The van der Waals surface area contributed by atoms with E-state index in [2.05, 4.69) is 10.3 Å². The van der Waals surface area contributed by atoms with Crippen LogP contribution in [0.15, 0.2) is 60.9 Å². The van der Waals surface area contributed by atoms with Crippen molar-refractivity contribution in [3.63, 3.8) is 0 Å². The molecule has 1 amide bonds. The van der Waals surface area contributed by atoms with Crippen molar-refractivity contribution in [1.82, 2.24) is 14.9 Å². The number of ether oxygens (including phenoxy) is 2. The Morgan fingerprint density at radius 2 is 1.93 bits per heavy atom. The minimum absolute atomic E-state index is 0.154. The minimum Gasteiger partial charge on any atom is -0.497 e. The Morgan fingerprint density at radius 1 is 1.17 bits per heavy atom. The van der Waals surface area contributed by atoms with E-state index in [1.165, 1.54) is 25.3 Å². The van der Waals surface area contributed by atoms with Gasteiger partial charge in [0.1, 0.15) is 17.6 Å². The number of rotatable bonds is 7. The largest absolute Gasteiger partial charge is 0.497 e. The average Bonchev–Trinajstić information content (AvgIpc) is 3.16. The minimum atomic E-state index is -0.487. The van der Waals surface area contributed by atoms with E-state index in [0.29, 0.717) is 11.4 Å². The lowest BCUT2D eigenvalue weighted by atomic mass is 10.1. The van der Waals surface area contributed by atoms with Crippen molar-refractivity contribution in [2.45, 2.75) is 6.04 Å². The summed E-state index contributed by atoms with van der Waals surface area (Å²) in [4.78, 5) is 16.9. The molecule has 1 aromatic heterocycles. The fourth-order valence-corrected chi connectivity index (χ4v) is 2.90. The summed E-state index contributed by atoms with van der Waals surface area (Å²) < 4.78 is 25.8. The number of nitrogens with zero attached hydrogens (tertiary/aromatic N) is 2. The fraction of sp³-hybridized carbons (Fsp3) is 0.182. The molecule has 1 atom stereocenters. The van der Waals surface area contributed by atoms with Gasteiger partial charge in [0.05, 0.1) is 14.2 Å². The first kappa shape index (κ1) is 20.1. The zero-order chi connectivity index (χ0) is 20.8. The first-order chi connectivity index (χ1) is 14.0. The van der Waals surface area contributed by atoms with E-state index in [1.807, 2.05) is 42.1 Å². The normalized spacial score (nSPS) is 12.0. The van der Waals surface area contributed by atoms with E-state index in [-0.39, 0.29) is 11.7 Å². The van der Waals surface area contributed by atoms with E-state index in [1.54, 1.807) is 25.4 Å². The molecule has 0 saturated carbocycles. The second-order valence-corrected chi connectivity index (χ2v) is 6.34. The van der Waals surface area contributed by atoms with Crippen LogP contribution in [0, 0.1) is 5.82 Å². The Kier molecular flexibility index (Phi) is 6.29. The number of carbonyl (C=O) groups is 1. The van der Waals surface area contributed by atoms with E-state index in [4.69, 9.17) is 9.47 Å². The van der Waals surface area contributed by atoms with Gasteiger partial charge in [-0.2, -0.15) is 0 Å². The van der Waals surface area contributed by atoms with Crippen LogP contribution in [0.25, 0.3) is 6.08 Å². The highest BCUT2D eigenvalue weighted by molar-refractivity contribution is 5.92. The van der Waals surface area contributed by atoms with Crippen molar-refractivity contribution in [3.8, 4) is 11.5 Å². The zero-order valence-corrected chi connectivity index (χ0v) is 16.4. The van der Waals surface area contributed by atoms with Gasteiger partial charge in [0.15, 0.2) is 11.6 Å². The number of aromatic nitrogens is 2. The lowest BCUT2D eigenvalue weighted by molar-refractivity contribution is -0.117. The highest BCUT2D eigenvalue weighted by Crippen LogP contribution is 2.23. The summed E-state index contributed by atoms with van der Waals surface area (Å²) in [6.07, 6.45) is 6.39. The van der Waals surface area contributed by atoms with Gasteiger partial charge in [-0.3, -0.25) is 4.79 Å². The quantitative estimate of drug-likeness (QED) is 0.622. The number of carbonyl (C=O) groups excluding carboxylic acids is 1. The second kappa shape index (κ2) is 9.05. The number of imidazole rings is 1. The van der Waals surface area contributed by atoms with Gasteiger partial charge in [-0.15, -0.1) is 0 Å². The van der Waals surface area contributed by atoms with Crippen molar-refractivity contribution in [2.24, 2.45) is 7.05 Å². The molecule has 29 heavy (non-hydrogen) atoms. The van der Waals surface area contributed by atoms with Gasteiger partial charge in [0.2, 0.25) is 5.91 Å². The molecule has 150 valence electrons. The molecule has 0 bridgehead atoms. The Balaban J connectivity index is 1.81. The number of hydrogen-bond donors (Lipinski definition) is 1. The number of nitrogens with one attached hydrogen (secondary N) is 1. The Bertz CT molecular complexity index is 1010. The summed E-state index contributed by atoms with van der Waals surface area (Å²) >= 11 is 0. The number of benzene rings is 2. The molecule has 2 aromatic carbocycles. The van der Waals surface area contributed by atoms with Crippen molar-refractivity contribution in [2.75, 3.05) is 14.2 Å². The summed E-state index contributed by atoms with van der Waals surface area (Å²) in [5.74, 6) is 0.748. The first-order valence-electron chi connectivity index (χ1n) is 8.95. The number of aryl methyl sites for hydroxylation is 1. The molecule has 0 saturated heterocycles. The zero-order valence-electron chi connectivity index (χ0n) is 16.4. The maximum atomic E-state index is 13.8. The molecule has 3 aromatic rings. The smallest absolute Gasteiger partial charge is 0.244 e. The van der Waals surface area contributed by atoms with Gasteiger partial charge in [-0.25, -0.2) is 9.37 Å². The third-order valence-electron chi connectivity index (χ3n) is 4.46. The van der Waals surface area contributed by atoms with Crippen LogP contribution in [0.4, 0.5) is 4.39 Å². The average molecular weight is 395 g/mol. The predicted octanol–water partition coefficient (Wildman–Crippen LogP) is 3.50. The van der Waals surface area contributed by atoms with Gasteiger partial charge in [-0.1, -0.05) is 18.2 Å². The monoisotopic (exact) mass is 395 g/mol. The van der Waals surface area contributed by atoms with Crippen LogP contribution in [-0.2, 0) is 11.8 Å². The van der Waals surface area contributed by atoms with Crippen LogP contribution in [-0.4, -0.2) is 29.7 Å². The lowest BCUT2D eigenvalue weighted by Gasteiger charge is -2.18. The summed E-state index contributed by atoms with van der Waals surface area (Å²) in [6, 6.07) is 11.4. The molecule has 0 radical (unpaired) electrons. The summed E-state index contributed by atoms with van der Waals surface area (Å²) in [7, 11) is 4.86. The molecule has 3 rings (SSSR count). The predicted molar refractivity (Wildman–Crippen MR) is 108 cm³/mol. The van der Waals surface area contributed by atoms with E-state index >= 15 is 0 Å². The number of amides is 1. The Morgan fingerprint density at radius 3 is 2.52 bits per heavy atom. The van der Waals surface area contributed by atoms with Gasteiger partial charge in [0, 0.05) is 25.5 Å². The third-order valence-corrected chi connectivity index (χ3v) is 4.46. The highest BCUT2D eigenvalue weighted by atomic mass is 19.1. The van der Waals surface area contributed by atoms with Crippen LogP contribution >= 0.6 is 0 Å². The molecule has 0 spiro atoms. The number of halogens is 1. The van der Waals surface area contributed by atoms with Gasteiger partial charge < -0.3 is 19.4 Å². The van der Waals surface area contributed by atoms with Gasteiger partial charge in [-0.05, 0) is 41.5 Å². The standard InChI is InChI=1S/C22H22FN3O3/c1-26-13-12-24-22(26)21(16-6-8-17(28-2)9-7-16)25-20(27)11-5-15-4-10-19(29-3)18(23)14-15/h4-14,21H,1-3H3,(H,25,27)/b11-5+. The molecule has 0 aliphatic rings. The van der Waals surface area contributed by atoms with Crippen molar-refractivity contribution in [1.29, 1.82) is 0 Å². The molecule has 1 unspecified atom stereocenters. The molecular weight excluding hydrogens is 373 g/mol. The fourth-order valence-electron chi connectivity index (χ4n) is 2.90. The van der Waals surface area contributed by atoms with E-state index in [0.717, 1.165) is 11.3 Å². The second-order valence-electron chi connectivity index (χ2n) is 6.34. The Hall–Kier alpha value is -3.61. The molecule has 0 aliphatic heterocycles. The van der Waals surface area contributed by atoms with Crippen LogP contribution in [0.5, 0.6) is 11.5 Å². The molecule has 0 aliphatic carbocycles. The first-order valence-corrected chi connectivity index (χ1v) is 8.95. The SMILES string of the molecule is COc1ccc(C(NC(=O)/C=C/c2ccc(OC)c(F)c2)c2nccn2C)cc1. The summed E-state index contributed by atoms with van der Waals surface area (Å²) in [5, 5.41) is 2.95. The molecule has 6 nitrogen and oxygen atoms in total. The molecule has 0 fully saturated rings. The number of methoxy groups -OCH3 is 2. The van der Waals surface area contributed by atoms with Crippen molar-refractivity contribution < 1.29 is 18.7 Å². The van der Waals surface area contributed by atoms with Crippen molar-refractivity contribution >= 4 is 12.0 Å². The topological polar surface area (TPSA) is 65.4 Å². The third kappa shape index (κ3) is 4.82. The molecular formula is C22H22FN3O3. The van der Waals surface area contributed by atoms with Crippen LogP contribution in [0.1, 0.15) is 23.0 Å². The van der Waals surface area contributed by atoms with Gasteiger partial charge in [0.25, 0.3) is 0 Å². The Labute approximate surface area is 168 Å². The number of hydrogen-bond acceptors (Lipinski definition) is 4. The van der Waals surface area contributed by atoms with E-state index < -0.39 is 11.9 Å². The summed E-state index contributed by atoms with van der Waals surface area (Å²) in [5.41, 5.74) is 1.41. The maximum Gasteiger partial charge on any atom is 0.244 e. The maximum absolute atomic E-state index is 13.8.